The summed E-state index contributed by atoms with van der Waals surface area (Å²) in [6, 6.07) is 10.8. The van der Waals surface area contributed by atoms with Crippen LogP contribution in [0.5, 0.6) is 0 Å². The van der Waals surface area contributed by atoms with E-state index in [4.69, 9.17) is 9.26 Å². The van der Waals surface area contributed by atoms with Gasteiger partial charge in [-0.15, -0.1) is 6.58 Å². The van der Waals surface area contributed by atoms with Crippen molar-refractivity contribution in [1.82, 2.24) is 10.1 Å². The second-order valence-electron chi connectivity index (χ2n) is 8.37. The number of anilines is 1. The lowest BCUT2D eigenvalue weighted by atomic mass is 10.1. The molecule has 0 radical (unpaired) electrons. The van der Waals surface area contributed by atoms with E-state index in [0.717, 1.165) is 42.3 Å². The van der Waals surface area contributed by atoms with Gasteiger partial charge in [0.1, 0.15) is 5.69 Å². The molecule has 1 unspecified atom stereocenters. The van der Waals surface area contributed by atoms with Crippen LogP contribution in [0.1, 0.15) is 37.7 Å². The molecule has 1 saturated heterocycles. The van der Waals surface area contributed by atoms with E-state index in [9.17, 15) is 5.11 Å². The number of rotatable bonds is 11. The quantitative estimate of drug-likeness (QED) is 0.448. The highest BCUT2D eigenvalue weighted by Crippen LogP contribution is 2.36. The van der Waals surface area contributed by atoms with Crippen molar-refractivity contribution >= 4 is 5.88 Å². The van der Waals surface area contributed by atoms with Gasteiger partial charge < -0.3 is 19.3 Å². The third-order valence-corrected chi connectivity index (χ3v) is 5.87. The molecule has 1 saturated carbocycles. The van der Waals surface area contributed by atoms with Gasteiger partial charge in [0.25, 0.3) is 0 Å². The monoisotopic (exact) mass is 411 g/mol. The molecule has 2 aliphatic rings. The van der Waals surface area contributed by atoms with Crippen molar-refractivity contribution in [2.24, 2.45) is 0 Å². The molecule has 0 bridgehead atoms. The van der Waals surface area contributed by atoms with Crippen LogP contribution < -0.4 is 4.90 Å². The molecule has 1 N–H and O–H groups in total. The van der Waals surface area contributed by atoms with Gasteiger partial charge in [-0.1, -0.05) is 41.6 Å². The summed E-state index contributed by atoms with van der Waals surface area (Å²) >= 11 is 0. The Morgan fingerprint density at radius 3 is 2.70 bits per heavy atom. The lowest BCUT2D eigenvalue weighted by Crippen LogP contribution is -2.37. The highest BCUT2D eigenvalue weighted by Gasteiger charge is 2.33. The zero-order valence-corrected chi connectivity index (χ0v) is 17.7. The normalized spacial score (nSPS) is 18.0. The molecule has 1 aromatic heterocycles. The summed E-state index contributed by atoms with van der Waals surface area (Å²) in [6.07, 6.45) is 7.18. The van der Waals surface area contributed by atoms with Crippen LogP contribution in [0.2, 0.25) is 0 Å². The Hall–Kier alpha value is -2.15. The van der Waals surface area contributed by atoms with E-state index in [0.29, 0.717) is 25.8 Å². The minimum absolute atomic E-state index is 0.323. The summed E-state index contributed by atoms with van der Waals surface area (Å²) < 4.78 is 11.4. The third-order valence-electron chi connectivity index (χ3n) is 5.87. The first-order valence-corrected chi connectivity index (χ1v) is 11.2. The van der Waals surface area contributed by atoms with Crippen molar-refractivity contribution in [2.45, 2.75) is 50.8 Å². The average molecular weight is 412 g/mol. The second kappa shape index (κ2) is 10.2. The molecular formula is C24H33N3O3. The summed E-state index contributed by atoms with van der Waals surface area (Å²) in [6.45, 7) is 7.78. The van der Waals surface area contributed by atoms with Crippen molar-refractivity contribution in [2.75, 3.05) is 37.7 Å². The van der Waals surface area contributed by atoms with Crippen molar-refractivity contribution in [3.05, 3.63) is 48.6 Å². The minimum atomic E-state index is -0.524. The molecule has 1 aliphatic carbocycles. The molecule has 0 amide bonds. The molecule has 6 nitrogen and oxygen atoms in total. The fourth-order valence-corrected chi connectivity index (χ4v) is 4.21. The first kappa shape index (κ1) is 21.1. The molecule has 1 aromatic carbocycles. The van der Waals surface area contributed by atoms with Crippen molar-refractivity contribution in [3.63, 3.8) is 0 Å². The van der Waals surface area contributed by atoms with E-state index in [1.165, 1.54) is 32.1 Å². The number of nitrogens with zero attached hydrogens (tertiary/aromatic N) is 3. The van der Waals surface area contributed by atoms with Crippen LogP contribution in [0, 0.1) is 0 Å². The molecular weight excluding hydrogens is 378 g/mol. The smallest absolute Gasteiger partial charge is 0.232 e. The van der Waals surface area contributed by atoms with Crippen LogP contribution in [0.25, 0.3) is 11.3 Å². The Bertz CT molecular complexity index is 797. The predicted octanol–water partition coefficient (Wildman–Crippen LogP) is 3.86. The zero-order valence-electron chi connectivity index (χ0n) is 17.7. The number of ether oxygens (including phenoxy) is 1. The van der Waals surface area contributed by atoms with Gasteiger partial charge in [-0.2, -0.15) is 0 Å². The summed E-state index contributed by atoms with van der Waals surface area (Å²) in [7, 11) is 0. The summed E-state index contributed by atoms with van der Waals surface area (Å²) in [4.78, 5) is 4.71. The van der Waals surface area contributed by atoms with Gasteiger partial charge in [0.15, 0.2) is 0 Å². The van der Waals surface area contributed by atoms with Crippen LogP contribution in [0.15, 0.2) is 47.5 Å². The van der Waals surface area contributed by atoms with E-state index in [1.807, 2.05) is 18.2 Å². The van der Waals surface area contributed by atoms with E-state index < -0.39 is 6.10 Å². The number of hydrogen-bond donors (Lipinski definition) is 1. The Kier molecular flexibility index (Phi) is 7.20. The third kappa shape index (κ3) is 5.31. The average Bonchev–Trinajstić information content (AvgIpc) is 3.55. The van der Waals surface area contributed by atoms with E-state index in [-0.39, 0.29) is 0 Å². The van der Waals surface area contributed by atoms with Gasteiger partial charge in [-0.25, -0.2) is 0 Å². The molecule has 1 aliphatic heterocycles. The minimum Gasteiger partial charge on any atom is -0.389 e. The SMILES string of the molecule is C=CCOCC(O)CN(Cc1c(-c2ccccc2)noc1N1CCCCC1)C1CC1. The van der Waals surface area contributed by atoms with Crippen LogP contribution in [0.4, 0.5) is 5.88 Å². The number of hydrogen-bond acceptors (Lipinski definition) is 6. The zero-order chi connectivity index (χ0) is 20.8. The first-order chi connectivity index (χ1) is 14.8. The highest BCUT2D eigenvalue weighted by molar-refractivity contribution is 5.68. The Balaban J connectivity index is 1.56. The van der Waals surface area contributed by atoms with Gasteiger partial charge >= 0.3 is 0 Å². The van der Waals surface area contributed by atoms with Crippen LogP contribution >= 0.6 is 0 Å². The lowest BCUT2D eigenvalue weighted by molar-refractivity contribution is 0.0228. The van der Waals surface area contributed by atoms with Crippen molar-refractivity contribution in [3.8, 4) is 11.3 Å². The molecule has 2 heterocycles. The summed E-state index contributed by atoms with van der Waals surface area (Å²) in [5.41, 5.74) is 3.12. The van der Waals surface area contributed by atoms with Crippen molar-refractivity contribution in [1.29, 1.82) is 0 Å². The maximum atomic E-state index is 10.5. The second-order valence-corrected chi connectivity index (χ2v) is 8.37. The maximum absolute atomic E-state index is 10.5. The molecule has 2 aromatic rings. The largest absolute Gasteiger partial charge is 0.389 e. The van der Waals surface area contributed by atoms with E-state index in [1.54, 1.807) is 6.08 Å². The first-order valence-electron chi connectivity index (χ1n) is 11.2. The standard InChI is InChI=1S/C24H33N3O3/c1-2-15-29-18-21(28)16-27(20-11-12-20)17-22-23(19-9-5-3-6-10-19)25-30-24(22)26-13-7-4-8-14-26/h2-3,5-6,9-10,20-21,28H,1,4,7-8,11-18H2. The van der Waals surface area contributed by atoms with Crippen LogP contribution in [-0.2, 0) is 11.3 Å². The number of aliphatic hydroxyl groups is 1. The lowest BCUT2D eigenvalue weighted by Gasteiger charge is -2.29. The maximum Gasteiger partial charge on any atom is 0.232 e. The van der Waals surface area contributed by atoms with Gasteiger partial charge in [-0.05, 0) is 32.1 Å². The number of aliphatic hydroxyl groups excluding tert-OH is 1. The highest BCUT2D eigenvalue weighted by atomic mass is 16.5. The number of piperidine rings is 1. The fourth-order valence-electron chi connectivity index (χ4n) is 4.21. The summed E-state index contributed by atoms with van der Waals surface area (Å²) in [5, 5.41) is 15.0. The van der Waals surface area contributed by atoms with E-state index >= 15 is 0 Å². The predicted molar refractivity (Wildman–Crippen MR) is 118 cm³/mol. The summed E-state index contributed by atoms with van der Waals surface area (Å²) in [5.74, 6) is 0.900. The Labute approximate surface area is 179 Å². The van der Waals surface area contributed by atoms with Gasteiger partial charge in [-0.3, -0.25) is 4.90 Å². The number of aromatic nitrogens is 1. The fraction of sp³-hybridized carbons (Fsp3) is 0.542. The molecule has 1 atom stereocenters. The van der Waals surface area contributed by atoms with Gasteiger partial charge in [0.05, 0.1) is 24.9 Å². The van der Waals surface area contributed by atoms with Gasteiger partial charge in [0.2, 0.25) is 5.88 Å². The van der Waals surface area contributed by atoms with Gasteiger partial charge in [0, 0.05) is 37.8 Å². The topological polar surface area (TPSA) is 62.0 Å². The Morgan fingerprint density at radius 2 is 2.00 bits per heavy atom. The molecule has 30 heavy (non-hydrogen) atoms. The molecule has 0 spiro atoms. The van der Waals surface area contributed by atoms with E-state index in [2.05, 4.69) is 33.7 Å². The molecule has 2 fully saturated rings. The van der Waals surface area contributed by atoms with Crippen molar-refractivity contribution < 1.29 is 14.4 Å². The molecule has 4 rings (SSSR count). The molecule has 6 heteroatoms. The van der Waals surface area contributed by atoms with Crippen LogP contribution in [0.3, 0.4) is 0 Å². The van der Waals surface area contributed by atoms with Crippen LogP contribution in [-0.4, -0.2) is 60.2 Å². The molecule has 162 valence electrons. The Morgan fingerprint density at radius 1 is 1.23 bits per heavy atom. The number of benzene rings is 1.